The highest BCUT2D eigenvalue weighted by Gasteiger charge is 2.22. The van der Waals surface area contributed by atoms with Gasteiger partial charge in [-0.25, -0.2) is 0 Å². The lowest BCUT2D eigenvalue weighted by atomic mass is 10.0. The van der Waals surface area contributed by atoms with Crippen molar-refractivity contribution in [1.82, 2.24) is 10.2 Å². The summed E-state index contributed by atoms with van der Waals surface area (Å²) >= 11 is 6.11. The SMILES string of the molecule is CCCN(CC(=O)Nc1cccc(Cl)c1C)C1CCNCC1. The van der Waals surface area contributed by atoms with E-state index in [4.69, 9.17) is 11.6 Å². The van der Waals surface area contributed by atoms with Gasteiger partial charge < -0.3 is 10.6 Å². The van der Waals surface area contributed by atoms with Crippen LogP contribution in [0.2, 0.25) is 5.02 Å². The molecule has 0 bridgehead atoms. The zero-order chi connectivity index (χ0) is 15.9. The van der Waals surface area contributed by atoms with Crippen molar-refractivity contribution in [3.05, 3.63) is 28.8 Å². The third-order valence-corrected chi connectivity index (χ3v) is 4.63. The highest BCUT2D eigenvalue weighted by atomic mass is 35.5. The molecule has 122 valence electrons. The van der Waals surface area contributed by atoms with E-state index in [0.717, 1.165) is 50.1 Å². The summed E-state index contributed by atoms with van der Waals surface area (Å²) in [5.41, 5.74) is 1.72. The average Bonchev–Trinajstić information content (AvgIpc) is 2.52. The molecule has 1 aliphatic heterocycles. The van der Waals surface area contributed by atoms with Crippen molar-refractivity contribution in [2.24, 2.45) is 0 Å². The van der Waals surface area contributed by atoms with Gasteiger partial charge in [-0.15, -0.1) is 0 Å². The van der Waals surface area contributed by atoms with Gasteiger partial charge in [0.15, 0.2) is 0 Å². The number of rotatable bonds is 6. The standard InChI is InChI=1S/C17H26ClN3O/c1-3-11-21(14-7-9-19-10-8-14)12-17(22)20-16-6-4-5-15(18)13(16)2/h4-6,14,19H,3,7-12H2,1-2H3,(H,20,22). The molecule has 0 aromatic heterocycles. The predicted octanol–water partition coefficient (Wildman–Crippen LogP) is 3.05. The van der Waals surface area contributed by atoms with Crippen LogP contribution >= 0.6 is 11.6 Å². The van der Waals surface area contributed by atoms with Gasteiger partial charge in [-0.2, -0.15) is 0 Å². The lowest BCUT2D eigenvalue weighted by Gasteiger charge is -2.34. The molecule has 0 saturated carbocycles. The molecule has 2 rings (SSSR count). The molecular weight excluding hydrogens is 298 g/mol. The van der Waals surface area contributed by atoms with E-state index in [-0.39, 0.29) is 5.91 Å². The molecular formula is C17H26ClN3O. The van der Waals surface area contributed by atoms with Gasteiger partial charge in [0.1, 0.15) is 0 Å². The summed E-state index contributed by atoms with van der Waals surface area (Å²) in [4.78, 5) is 14.7. The average molecular weight is 324 g/mol. The Kier molecular flexibility index (Phi) is 6.68. The van der Waals surface area contributed by atoms with Crippen LogP contribution in [-0.2, 0) is 4.79 Å². The summed E-state index contributed by atoms with van der Waals surface area (Å²) in [6.45, 7) is 7.58. The van der Waals surface area contributed by atoms with Gasteiger partial charge >= 0.3 is 0 Å². The summed E-state index contributed by atoms with van der Waals surface area (Å²) in [5.74, 6) is 0.0392. The maximum atomic E-state index is 12.4. The highest BCUT2D eigenvalue weighted by Crippen LogP contribution is 2.23. The van der Waals surface area contributed by atoms with Crippen molar-refractivity contribution in [3.63, 3.8) is 0 Å². The number of benzene rings is 1. The first-order valence-corrected chi connectivity index (χ1v) is 8.49. The fourth-order valence-corrected chi connectivity index (χ4v) is 3.14. The smallest absolute Gasteiger partial charge is 0.238 e. The molecule has 1 aromatic carbocycles. The summed E-state index contributed by atoms with van der Waals surface area (Å²) in [6, 6.07) is 6.10. The van der Waals surface area contributed by atoms with Gasteiger partial charge in [0.05, 0.1) is 6.54 Å². The van der Waals surface area contributed by atoms with Crippen molar-refractivity contribution >= 4 is 23.2 Å². The molecule has 5 heteroatoms. The molecule has 1 fully saturated rings. The number of hydrogen-bond acceptors (Lipinski definition) is 3. The van der Waals surface area contributed by atoms with E-state index in [1.807, 2.05) is 25.1 Å². The zero-order valence-corrected chi connectivity index (χ0v) is 14.2. The third-order valence-electron chi connectivity index (χ3n) is 4.22. The normalized spacial score (nSPS) is 16.0. The molecule has 1 amide bonds. The Morgan fingerprint density at radius 3 is 2.82 bits per heavy atom. The molecule has 1 heterocycles. The van der Waals surface area contributed by atoms with Gasteiger partial charge in [-0.3, -0.25) is 9.69 Å². The summed E-state index contributed by atoms with van der Waals surface area (Å²) in [7, 11) is 0. The van der Waals surface area contributed by atoms with Crippen LogP contribution < -0.4 is 10.6 Å². The molecule has 0 spiro atoms. The molecule has 0 aliphatic carbocycles. The van der Waals surface area contributed by atoms with Crippen LogP contribution in [0.15, 0.2) is 18.2 Å². The Balaban J connectivity index is 1.96. The van der Waals surface area contributed by atoms with Crippen molar-refractivity contribution in [2.75, 3.05) is 31.5 Å². The van der Waals surface area contributed by atoms with Crippen LogP contribution in [0.3, 0.4) is 0 Å². The van der Waals surface area contributed by atoms with E-state index in [2.05, 4.69) is 22.5 Å². The van der Waals surface area contributed by atoms with E-state index >= 15 is 0 Å². The van der Waals surface area contributed by atoms with Crippen LogP contribution in [0.1, 0.15) is 31.7 Å². The largest absolute Gasteiger partial charge is 0.325 e. The maximum Gasteiger partial charge on any atom is 0.238 e. The minimum atomic E-state index is 0.0392. The van der Waals surface area contributed by atoms with E-state index in [1.165, 1.54) is 0 Å². The molecule has 4 nitrogen and oxygen atoms in total. The highest BCUT2D eigenvalue weighted by molar-refractivity contribution is 6.31. The minimum absolute atomic E-state index is 0.0392. The van der Waals surface area contributed by atoms with Gasteiger partial charge in [0.25, 0.3) is 0 Å². The van der Waals surface area contributed by atoms with E-state index in [9.17, 15) is 4.79 Å². The second-order valence-electron chi connectivity index (χ2n) is 5.91. The number of piperidine rings is 1. The minimum Gasteiger partial charge on any atom is -0.325 e. The van der Waals surface area contributed by atoms with E-state index in [1.54, 1.807) is 0 Å². The molecule has 2 N–H and O–H groups in total. The molecule has 1 aromatic rings. The Bertz CT molecular complexity index is 501. The molecule has 1 saturated heterocycles. The van der Waals surface area contributed by atoms with Crippen molar-refractivity contribution in [2.45, 2.75) is 39.2 Å². The number of amides is 1. The molecule has 22 heavy (non-hydrogen) atoms. The van der Waals surface area contributed by atoms with Crippen molar-refractivity contribution in [3.8, 4) is 0 Å². The predicted molar refractivity (Wildman–Crippen MR) is 92.6 cm³/mol. The lowest BCUT2D eigenvalue weighted by molar-refractivity contribution is -0.118. The number of halogens is 1. The number of nitrogens with zero attached hydrogens (tertiary/aromatic N) is 1. The summed E-state index contributed by atoms with van der Waals surface area (Å²) in [6.07, 6.45) is 3.29. The lowest BCUT2D eigenvalue weighted by Crippen LogP contribution is -2.46. The fourth-order valence-electron chi connectivity index (χ4n) is 2.97. The Morgan fingerprint density at radius 1 is 1.41 bits per heavy atom. The summed E-state index contributed by atoms with van der Waals surface area (Å²) < 4.78 is 0. The van der Waals surface area contributed by atoms with Crippen molar-refractivity contribution < 1.29 is 4.79 Å². The van der Waals surface area contributed by atoms with Crippen LogP contribution in [0.25, 0.3) is 0 Å². The Morgan fingerprint density at radius 2 is 2.14 bits per heavy atom. The second-order valence-corrected chi connectivity index (χ2v) is 6.32. The fraction of sp³-hybridized carbons (Fsp3) is 0.588. The monoisotopic (exact) mass is 323 g/mol. The Labute approximate surface area is 138 Å². The van der Waals surface area contributed by atoms with Gasteiger partial charge in [0.2, 0.25) is 5.91 Å². The topological polar surface area (TPSA) is 44.4 Å². The van der Waals surface area contributed by atoms with Crippen LogP contribution in [0.4, 0.5) is 5.69 Å². The van der Waals surface area contributed by atoms with E-state index < -0.39 is 0 Å². The van der Waals surface area contributed by atoms with E-state index in [0.29, 0.717) is 17.6 Å². The number of carbonyl (C=O) groups is 1. The first-order valence-electron chi connectivity index (χ1n) is 8.11. The second kappa shape index (κ2) is 8.51. The maximum absolute atomic E-state index is 12.4. The van der Waals surface area contributed by atoms with Crippen LogP contribution in [0.5, 0.6) is 0 Å². The van der Waals surface area contributed by atoms with Gasteiger partial charge in [-0.05, 0) is 63.5 Å². The molecule has 0 atom stereocenters. The quantitative estimate of drug-likeness (QED) is 0.845. The van der Waals surface area contributed by atoms with Gasteiger partial charge in [-0.1, -0.05) is 24.6 Å². The number of carbonyl (C=O) groups excluding carboxylic acids is 1. The Hall–Kier alpha value is -1.10. The van der Waals surface area contributed by atoms with Crippen LogP contribution in [0, 0.1) is 6.92 Å². The third kappa shape index (κ3) is 4.70. The number of hydrogen-bond donors (Lipinski definition) is 2. The molecule has 1 aliphatic rings. The zero-order valence-electron chi connectivity index (χ0n) is 13.5. The number of nitrogens with one attached hydrogen (secondary N) is 2. The van der Waals surface area contributed by atoms with Crippen molar-refractivity contribution in [1.29, 1.82) is 0 Å². The number of anilines is 1. The molecule has 0 radical (unpaired) electrons. The van der Waals surface area contributed by atoms with Crippen LogP contribution in [-0.4, -0.2) is 43.0 Å². The molecule has 0 unspecified atom stereocenters. The van der Waals surface area contributed by atoms with Gasteiger partial charge in [0, 0.05) is 16.8 Å². The first kappa shape index (κ1) is 17.3. The summed E-state index contributed by atoms with van der Waals surface area (Å²) in [5, 5.41) is 7.06. The first-order chi connectivity index (χ1) is 10.6.